The number of imidazole rings is 1. The fourth-order valence-electron chi connectivity index (χ4n) is 2.64. The lowest BCUT2D eigenvalue weighted by Crippen LogP contribution is -2.05. The maximum absolute atomic E-state index is 4.53. The molecule has 0 aliphatic heterocycles. The second kappa shape index (κ2) is 4.80. The van der Waals surface area contributed by atoms with Gasteiger partial charge in [-0.25, -0.2) is 4.98 Å². The van der Waals surface area contributed by atoms with Gasteiger partial charge in [0.25, 0.3) is 0 Å². The van der Waals surface area contributed by atoms with Gasteiger partial charge in [-0.05, 0) is 47.6 Å². The summed E-state index contributed by atoms with van der Waals surface area (Å²) in [5.74, 6) is 1.12. The van der Waals surface area contributed by atoms with Crippen molar-refractivity contribution in [1.82, 2.24) is 9.55 Å². The molecule has 88 valence electrons. The van der Waals surface area contributed by atoms with Gasteiger partial charge in [-0.15, -0.1) is 0 Å². The van der Waals surface area contributed by atoms with Gasteiger partial charge < -0.3 is 4.57 Å². The van der Waals surface area contributed by atoms with E-state index in [0.29, 0.717) is 6.04 Å². The van der Waals surface area contributed by atoms with Gasteiger partial charge in [-0.3, -0.25) is 0 Å². The second-order valence-electron chi connectivity index (χ2n) is 4.61. The molecule has 1 aromatic heterocycles. The summed E-state index contributed by atoms with van der Waals surface area (Å²) in [5.41, 5.74) is 1.23. The molecule has 0 radical (unpaired) electrons. The molecule has 0 atom stereocenters. The van der Waals surface area contributed by atoms with Crippen LogP contribution in [0.5, 0.6) is 0 Å². The summed E-state index contributed by atoms with van der Waals surface area (Å²) in [6.45, 7) is 0. The highest BCUT2D eigenvalue weighted by Gasteiger charge is 2.19. The lowest BCUT2D eigenvalue weighted by atomic mass is 10.2. The minimum absolute atomic E-state index is 0.658. The van der Waals surface area contributed by atoms with Crippen molar-refractivity contribution in [2.45, 2.75) is 31.7 Å². The maximum Gasteiger partial charge on any atom is 0.140 e. The van der Waals surface area contributed by atoms with Crippen LogP contribution in [-0.2, 0) is 0 Å². The Morgan fingerprint density at radius 3 is 2.82 bits per heavy atom. The topological polar surface area (TPSA) is 17.8 Å². The molecule has 0 amide bonds. The number of rotatable bonds is 2. The molecule has 0 N–H and O–H groups in total. The van der Waals surface area contributed by atoms with Crippen LogP contribution in [0.1, 0.15) is 31.7 Å². The minimum atomic E-state index is 0.658. The second-order valence-corrected chi connectivity index (χ2v) is 5.85. The van der Waals surface area contributed by atoms with E-state index in [0.717, 1.165) is 5.82 Å². The number of halogens is 1. The van der Waals surface area contributed by atoms with E-state index < -0.39 is 0 Å². The number of hydrogen-bond acceptors (Lipinski definition) is 1. The van der Waals surface area contributed by atoms with Crippen molar-refractivity contribution < 1.29 is 0 Å². The zero-order valence-corrected chi connectivity index (χ0v) is 11.8. The van der Waals surface area contributed by atoms with Crippen molar-refractivity contribution >= 4 is 22.6 Å². The van der Waals surface area contributed by atoms with E-state index in [1.54, 1.807) is 0 Å². The largest absolute Gasteiger partial charge is 0.328 e. The third-order valence-electron chi connectivity index (χ3n) is 3.47. The van der Waals surface area contributed by atoms with Crippen LogP contribution in [0.2, 0.25) is 0 Å². The molecule has 1 aliphatic rings. The Labute approximate surface area is 115 Å². The van der Waals surface area contributed by atoms with E-state index in [9.17, 15) is 0 Å². The first kappa shape index (κ1) is 11.3. The normalized spacial score (nSPS) is 16.5. The van der Waals surface area contributed by atoms with Crippen LogP contribution in [0.25, 0.3) is 11.4 Å². The highest BCUT2D eigenvalue weighted by molar-refractivity contribution is 14.1. The molecule has 1 saturated carbocycles. The first-order chi connectivity index (χ1) is 8.34. The Balaban J connectivity index is 2.00. The van der Waals surface area contributed by atoms with E-state index >= 15 is 0 Å². The van der Waals surface area contributed by atoms with Gasteiger partial charge >= 0.3 is 0 Å². The molecule has 0 saturated heterocycles. The van der Waals surface area contributed by atoms with Crippen molar-refractivity contribution in [1.29, 1.82) is 0 Å². The van der Waals surface area contributed by atoms with E-state index in [-0.39, 0.29) is 0 Å². The predicted octanol–water partition coefficient (Wildman–Crippen LogP) is 4.27. The van der Waals surface area contributed by atoms with E-state index in [1.807, 2.05) is 6.20 Å². The monoisotopic (exact) mass is 338 g/mol. The van der Waals surface area contributed by atoms with Crippen LogP contribution < -0.4 is 0 Å². The third kappa shape index (κ3) is 2.25. The first-order valence-electron chi connectivity index (χ1n) is 6.13. The van der Waals surface area contributed by atoms with Crippen molar-refractivity contribution in [3.8, 4) is 11.4 Å². The van der Waals surface area contributed by atoms with Crippen LogP contribution >= 0.6 is 22.6 Å². The fourth-order valence-corrected chi connectivity index (χ4v) is 3.18. The smallest absolute Gasteiger partial charge is 0.140 e. The SMILES string of the molecule is Ic1cccc(-c2nccn2C2CCCC2)c1. The molecule has 2 aromatic rings. The van der Waals surface area contributed by atoms with Crippen LogP contribution in [0, 0.1) is 3.57 Å². The molecule has 1 aromatic carbocycles. The molecule has 1 fully saturated rings. The number of aromatic nitrogens is 2. The molecule has 1 aliphatic carbocycles. The van der Waals surface area contributed by atoms with Crippen molar-refractivity contribution in [2.75, 3.05) is 0 Å². The lowest BCUT2D eigenvalue weighted by molar-refractivity contribution is 0.523. The Hall–Kier alpha value is -0.840. The number of nitrogens with zero attached hydrogens (tertiary/aromatic N) is 2. The standard InChI is InChI=1S/C14H15IN2/c15-12-5-3-4-11(10-12)14-16-8-9-17(14)13-6-1-2-7-13/h3-5,8-10,13H,1-2,6-7H2. The van der Waals surface area contributed by atoms with Gasteiger partial charge in [-0.2, -0.15) is 0 Å². The van der Waals surface area contributed by atoms with Crippen LogP contribution in [0.3, 0.4) is 0 Å². The molecule has 17 heavy (non-hydrogen) atoms. The Morgan fingerprint density at radius 2 is 2.06 bits per heavy atom. The van der Waals surface area contributed by atoms with Gasteiger partial charge in [0, 0.05) is 27.6 Å². The van der Waals surface area contributed by atoms with E-state index in [4.69, 9.17) is 0 Å². The van der Waals surface area contributed by atoms with Gasteiger partial charge in [0.05, 0.1) is 0 Å². The van der Waals surface area contributed by atoms with Gasteiger partial charge in [0.15, 0.2) is 0 Å². The van der Waals surface area contributed by atoms with Gasteiger partial charge in [0.1, 0.15) is 5.82 Å². The van der Waals surface area contributed by atoms with Gasteiger partial charge in [0.2, 0.25) is 0 Å². The summed E-state index contributed by atoms with van der Waals surface area (Å²) in [6, 6.07) is 9.23. The lowest BCUT2D eigenvalue weighted by Gasteiger charge is -2.14. The highest BCUT2D eigenvalue weighted by atomic mass is 127. The van der Waals surface area contributed by atoms with Crippen LogP contribution in [0.15, 0.2) is 36.7 Å². The average molecular weight is 338 g/mol. The summed E-state index contributed by atoms with van der Waals surface area (Å²) in [7, 11) is 0. The molecule has 3 heteroatoms. The summed E-state index contributed by atoms with van der Waals surface area (Å²) in [4.78, 5) is 4.53. The zero-order chi connectivity index (χ0) is 11.7. The quantitative estimate of drug-likeness (QED) is 0.748. The molecular weight excluding hydrogens is 323 g/mol. The molecule has 2 nitrogen and oxygen atoms in total. The minimum Gasteiger partial charge on any atom is -0.328 e. The molecule has 0 unspecified atom stereocenters. The summed E-state index contributed by atoms with van der Waals surface area (Å²) < 4.78 is 3.62. The van der Waals surface area contributed by atoms with Gasteiger partial charge in [-0.1, -0.05) is 25.0 Å². The Bertz CT molecular complexity index is 512. The Morgan fingerprint density at radius 1 is 1.24 bits per heavy atom. The molecule has 0 bridgehead atoms. The molecule has 3 rings (SSSR count). The van der Waals surface area contributed by atoms with E-state index in [2.05, 4.69) is 62.6 Å². The molecule has 1 heterocycles. The third-order valence-corrected chi connectivity index (χ3v) is 4.14. The summed E-state index contributed by atoms with van der Waals surface area (Å²) in [6.07, 6.45) is 9.36. The molecular formula is C14H15IN2. The summed E-state index contributed by atoms with van der Waals surface area (Å²) >= 11 is 2.35. The van der Waals surface area contributed by atoms with Crippen LogP contribution in [0.4, 0.5) is 0 Å². The van der Waals surface area contributed by atoms with Crippen molar-refractivity contribution in [2.24, 2.45) is 0 Å². The van der Waals surface area contributed by atoms with Crippen LogP contribution in [-0.4, -0.2) is 9.55 Å². The highest BCUT2D eigenvalue weighted by Crippen LogP contribution is 2.33. The first-order valence-corrected chi connectivity index (χ1v) is 7.21. The average Bonchev–Trinajstić information content (AvgIpc) is 3.00. The van der Waals surface area contributed by atoms with Crippen molar-refractivity contribution in [3.05, 3.63) is 40.2 Å². The predicted molar refractivity (Wildman–Crippen MR) is 77.9 cm³/mol. The maximum atomic E-state index is 4.53. The van der Waals surface area contributed by atoms with E-state index in [1.165, 1.54) is 34.8 Å². The number of hydrogen-bond donors (Lipinski definition) is 0. The fraction of sp³-hybridized carbons (Fsp3) is 0.357. The molecule has 0 spiro atoms. The Kier molecular flexibility index (Phi) is 3.18. The number of benzene rings is 1. The van der Waals surface area contributed by atoms with Crippen molar-refractivity contribution in [3.63, 3.8) is 0 Å². The zero-order valence-electron chi connectivity index (χ0n) is 9.64. The summed E-state index contributed by atoms with van der Waals surface area (Å²) in [5, 5.41) is 0.